The summed E-state index contributed by atoms with van der Waals surface area (Å²) in [5.74, 6) is -0.389. The van der Waals surface area contributed by atoms with Gasteiger partial charge < -0.3 is 19.9 Å². The van der Waals surface area contributed by atoms with Crippen molar-refractivity contribution in [2.75, 3.05) is 18.4 Å². The van der Waals surface area contributed by atoms with Crippen molar-refractivity contribution in [2.45, 2.75) is 32.2 Å². The third-order valence-electron chi connectivity index (χ3n) is 4.63. The summed E-state index contributed by atoms with van der Waals surface area (Å²) >= 11 is 0. The van der Waals surface area contributed by atoms with Crippen LogP contribution in [0.3, 0.4) is 0 Å². The molecule has 3 rings (SSSR count). The zero-order valence-electron chi connectivity index (χ0n) is 14.3. The van der Waals surface area contributed by atoms with Gasteiger partial charge in [-0.05, 0) is 43.2 Å². The number of rotatable bonds is 4. The van der Waals surface area contributed by atoms with Crippen molar-refractivity contribution in [3.8, 4) is 5.75 Å². The lowest BCUT2D eigenvalue weighted by molar-refractivity contribution is -0.115. The van der Waals surface area contributed by atoms with Gasteiger partial charge in [0.05, 0.1) is 5.56 Å². The standard InChI is InChI=1S/C19H23N3O3/c1-2-18(24)20-14-5-6-17(23)16(13-14)19(25)22-11-7-15(8-12-22)21-9-3-4-10-21/h3-6,9-10,13,15,23H,2,7-8,11-12H2,1H3,(H,20,24). The summed E-state index contributed by atoms with van der Waals surface area (Å²) < 4.78 is 2.18. The first-order chi connectivity index (χ1) is 12.1. The minimum atomic E-state index is -0.198. The fraction of sp³-hybridized carbons (Fsp3) is 0.368. The molecule has 0 aliphatic carbocycles. The molecule has 1 aromatic heterocycles. The van der Waals surface area contributed by atoms with Crippen molar-refractivity contribution in [3.63, 3.8) is 0 Å². The molecule has 1 saturated heterocycles. The lowest BCUT2D eigenvalue weighted by Crippen LogP contribution is -2.39. The molecule has 0 atom stereocenters. The Labute approximate surface area is 147 Å². The Morgan fingerprint density at radius 1 is 1.20 bits per heavy atom. The van der Waals surface area contributed by atoms with Gasteiger partial charge in [0, 0.05) is 43.6 Å². The van der Waals surface area contributed by atoms with Crippen molar-refractivity contribution in [1.82, 2.24) is 9.47 Å². The second-order valence-corrected chi connectivity index (χ2v) is 6.29. The summed E-state index contributed by atoms with van der Waals surface area (Å²) in [6.45, 7) is 3.05. The predicted octanol–water partition coefficient (Wildman–Crippen LogP) is 3.02. The van der Waals surface area contributed by atoms with Crippen LogP contribution in [0.15, 0.2) is 42.7 Å². The Morgan fingerprint density at radius 3 is 2.52 bits per heavy atom. The first kappa shape index (κ1) is 17.1. The Bertz CT molecular complexity index is 747. The largest absolute Gasteiger partial charge is 0.507 e. The van der Waals surface area contributed by atoms with Crippen LogP contribution in [0.4, 0.5) is 5.69 Å². The number of nitrogens with zero attached hydrogens (tertiary/aromatic N) is 2. The summed E-state index contributed by atoms with van der Waals surface area (Å²) in [5.41, 5.74) is 0.753. The van der Waals surface area contributed by atoms with Gasteiger partial charge in [-0.1, -0.05) is 6.92 Å². The number of benzene rings is 1. The number of hydrogen-bond donors (Lipinski definition) is 2. The average molecular weight is 341 g/mol. The van der Waals surface area contributed by atoms with E-state index in [1.807, 2.05) is 24.5 Å². The summed E-state index contributed by atoms with van der Waals surface area (Å²) in [6.07, 6.45) is 6.22. The third kappa shape index (κ3) is 3.84. The summed E-state index contributed by atoms with van der Waals surface area (Å²) in [6, 6.07) is 9.01. The highest BCUT2D eigenvalue weighted by Gasteiger charge is 2.26. The minimum Gasteiger partial charge on any atom is -0.507 e. The van der Waals surface area contributed by atoms with Crippen LogP contribution in [0.5, 0.6) is 5.75 Å². The number of aromatic hydroxyl groups is 1. The molecule has 1 aliphatic rings. The number of piperidine rings is 1. The van der Waals surface area contributed by atoms with Gasteiger partial charge in [-0.25, -0.2) is 0 Å². The van der Waals surface area contributed by atoms with Crippen molar-refractivity contribution >= 4 is 17.5 Å². The fourth-order valence-electron chi connectivity index (χ4n) is 3.16. The highest BCUT2D eigenvalue weighted by molar-refractivity contribution is 5.99. The molecule has 0 radical (unpaired) electrons. The van der Waals surface area contributed by atoms with Crippen LogP contribution >= 0.6 is 0 Å². The lowest BCUT2D eigenvalue weighted by atomic mass is 10.0. The maximum absolute atomic E-state index is 12.8. The van der Waals surface area contributed by atoms with Crippen LogP contribution < -0.4 is 5.32 Å². The zero-order chi connectivity index (χ0) is 17.8. The van der Waals surface area contributed by atoms with Crippen LogP contribution in [0.25, 0.3) is 0 Å². The van der Waals surface area contributed by atoms with E-state index in [1.165, 1.54) is 6.07 Å². The van der Waals surface area contributed by atoms with Gasteiger partial charge in [-0.2, -0.15) is 0 Å². The first-order valence-electron chi connectivity index (χ1n) is 8.63. The Balaban J connectivity index is 1.69. The van der Waals surface area contributed by atoms with Crippen molar-refractivity contribution < 1.29 is 14.7 Å². The topological polar surface area (TPSA) is 74.6 Å². The number of carbonyl (C=O) groups is 2. The molecule has 0 unspecified atom stereocenters. The quantitative estimate of drug-likeness (QED) is 0.840. The molecule has 2 amide bonds. The number of amides is 2. The molecule has 0 bridgehead atoms. The first-order valence-corrected chi connectivity index (χ1v) is 8.63. The Morgan fingerprint density at radius 2 is 1.88 bits per heavy atom. The molecule has 1 aliphatic heterocycles. The number of aromatic nitrogens is 1. The molecular weight excluding hydrogens is 318 g/mol. The van der Waals surface area contributed by atoms with Crippen LogP contribution in [-0.4, -0.2) is 39.5 Å². The van der Waals surface area contributed by atoms with E-state index in [1.54, 1.807) is 24.0 Å². The molecule has 2 aromatic rings. The predicted molar refractivity (Wildman–Crippen MR) is 95.6 cm³/mol. The van der Waals surface area contributed by atoms with Gasteiger partial charge in [0.15, 0.2) is 0 Å². The number of nitrogens with one attached hydrogen (secondary N) is 1. The SMILES string of the molecule is CCC(=O)Nc1ccc(O)c(C(=O)N2CCC(n3cccc3)CC2)c1. The van der Waals surface area contributed by atoms with Crippen molar-refractivity contribution in [2.24, 2.45) is 0 Å². The van der Waals surface area contributed by atoms with Gasteiger partial charge in [0.1, 0.15) is 5.75 Å². The van der Waals surface area contributed by atoms with Crippen LogP contribution in [0.1, 0.15) is 42.6 Å². The van der Waals surface area contributed by atoms with E-state index in [0.717, 1.165) is 12.8 Å². The maximum Gasteiger partial charge on any atom is 0.257 e. The maximum atomic E-state index is 12.8. The highest BCUT2D eigenvalue weighted by Crippen LogP contribution is 2.27. The molecule has 25 heavy (non-hydrogen) atoms. The summed E-state index contributed by atoms with van der Waals surface area (Å²) in [5, 5.41) is 12.8. The van der Waals surface area contributed by atoms with Crippen LogP contribution in [-0.2, 0) is 4.79 Å². The number of phenolic OH excluding ortho intramolecular Hbond substituents is 1. The molecule has 1 aromatic carbocycles. The van der Waals surface area contributed by atoms with Gasteiger partial charge in [-0.3, -0.25) is 9.59 Å². The molecule has 2 N–H and O–H groups in total. The minimum absolute atomic E-state index is 0.0629. The summed E-state index contributed by atoms with van der Waals surface area (Å²) in [7, 11) is 0. The number of anilines is 1. The normalized spacial score (nSPS) is 15.2. The third-order valence-corrected chi connectivity index (χ3v) is 4.63. The zero-order valence-corrected chi connectivity index (χ0v) is 14.3. The van der Waals surface area contributed by atoms with Crippen LogP contribution in [0.2, 0.25) is 0 Å². The number of hydrogen-bond acceptors (Lipinski definition) is 3. The lowest BCUT2D eigenvalue weighted by Gasteiger charge is -2.33. The van der Waals surface area contributed by atoms with Gasteiger partial charge in [-0.15, -0.1) is 0 Å². The second kappa shape index (κ2) is 7.42. The van der Waals surface area contributed by atoms with E-state index in [4.69, 9.17) is 0 Å². The molecular formula is C19H23N3O3. The molecule has 2 heterocycles. The van der Waals surface area contributed by atoms with E-state index in [0.29, 0.717) is 31.2 Å². The van der Waals surface area contributed by atoms with E-state index in [2.05, 4.69) is 9.88 Å². The van der Waals surface area contributed by atoms with Crippen molar-refractivity contribution in [3.05, 3.63) is 48.3 Å². The van der Waals surface area contributed by atoms with E-state index in [9.17, 15) is 14.7 Å². The molecule has 132 valence electrons. The smallest absolute Gasteiger partial charge is 0.257 e. The molecule has 6 nitrogen and oxygen atoms in total. The Kier molecular flexibility index (Phi) is 5.07. The second-order valence-electron chi connectivity index (χ2n) is 6.29. The summed E-state index contributed by atoms with van der Waals surface area (Å²) in [4.78, 5) is 26.1. The molecule has 1 fully saturated rings. The number of likely N-dealkylation sites (tertiary alicyclic amines) is 1. The monoisotopic (exact) mass is 341 g/mol. The van der Waals surface area contributed by atoms with Gasteiger partial charge >= 0.3 is 0 Å². The van der Waals surface area contributed by atoms with Gasteiger partial charge in [0.25, 0.3) is 5.91 Å². The Hall–Kier alpha value is -2.76. The number of phenols is 1. The average Bonchev–Trinajstić information content (AvgIpc) is 3.17. The highest BCUT2D eigenvalue weighted by atomic mass is 16.3. The number of carbonyl (C=O) groups excluding carboxylic acids is 2. The van der Waals surface area contributed by atoms with Crippen LogP contribution in [0, 0.1) is 0 Å². The van der Waals surface area contributed by atoms with Gasteiger partial charge in [0.2, 0.25) is 5.91 Å². The van der Waals surface area contributed by atoms with Crippen molar-refractivity contribution in [1.29, 1.82) is 0 Å². The molecule has 6 heteroatoms. The fourth-order valence-corrected chi connectivity index (χ4v) is 3.16. The molecule has 0 spiro atoms. The molecule has 0 saturated carbocycles. The van der Waals surface area contributed by atoms with E-state index >= 15 is 0 Å². The van der Waals surface area contributed by atoms with E-state index in [-0.39, 0.29) is 23.1 Å². The van der Waals surface area contributed by atoms with E-state index < -0.39 is 0 Å².